The first-order chi connectivity index (χ1) is 16.0. The van der Waals surface area contributed by atoms with Gasteiger partial charge in [-0.3, -0.25) is 4.79 Å². The number of aromatic hydroxyl groups is 1. The molecule has 2 aliphatic rings. The van der Waals surface area contributed by atoms with Crippen molar-refractivity contribution in [2.45, 2.75) is 104 Å². The van der Waals surface area contributed by atoms with Crippen molar-refractivity contribution in [3.63, 3.8) is 0 Å². The zero-order chi connectivity index (χ0) is 25.2. The number of ether oxygens (including phenoxy) is 3. The first-order valence-corrected chi connectivity index (χ1v) is 12.3. The van der Waals surface area contributed by atoms with E-state index in [2.05, 4.69) is 39.8 Å². The minimum absolute atomic E-state index is 0.0784. The molecule has 1 aliphatic carbocycles. The predicted octanol–water partition coefficient (Wildman–Crippen LogP) is 4.45. The average Bonchev–Trinajstić information content (AvgIpc) is 2.74. The maximum absolute atomic E-state index is 11.4. The fraction of sp³-hybridized carbons (Fsp3) is 0.667. The van der Waals surface area contributed by atoms with E-state index in [1.54, 1.807) is 0 Å². The van der Waals surface area contributed by atoms with Crippen LogP contribution in [-0.4, -0.2) is 52.5 Å². The monoisotopic (exact) mass is 476 g/mol. The summed E-state index contributed by atoms with van der Waals surface area (Å²) in [4.78, 5) is 11.4. The number of fused-ring (bicyclic) bond motifs is 1. The molecule has 1 heterocycles. The van der Waals surface area contributed by atoms with Crippen molar-refractivity contribution in [1.82, 2.24) is 0 Å². The molecule has 0 bridgehead atoms. The summed E-state index contributed by atoms with van der Waals surface area (Å²) in [7, 11) is 0. The quantitative estimate of drug-likeness (QED) is 0.394. The van der Waals surface area contributed by atoms with Crippen molar-refractivity contribution in [3.8, 4) is 11.5 Å². The van der Waals surface area contributed by atoms with E-state index in [0.29, 0.717) is 11.8 Å². The number of allylic oxidation sites excluding steroid dienone is 2. The van der Waals surface area contributed by atoms with Crippen LogP contribution in [0.5, 0.6) is 11.5 Å². The number of carbonyl (C=O) groups excluding carboxylic acids is 1. The number of rotatable bonds is 7. The molecule has 1 saturated heterocycles. The number of benzene rings is 1. The van der Waals surface area contributed by atoms with E-state index in [1.165, 1.54) is 18.1 Å². The van der Waals surface area contributed by atoms with Gasteiger partial charge in [-0.1, -0.05) is 31.6 Å². The molecule has 3 rings (SSSR count). The summed E-state index contributed by atoms with van der Waals surface area (Å²) in [6.45, 7) is 11.6. The number of aliphatic hydroxyl groups excluding tert-OH is 2. The molecule has 3 N–H and O–H groups in total. The van der Waals surface area contributed by atoms with Gasteiger partial charge < -0.3 is 29.5 Å². The Balaban J connectivity index is 1.87. The van der Waals surface area contributed by atoms with Gasteiger partial charge in [-0.05, 0) is 75.3 Å². The first-order valence-electron chi connectivity index (χ1n) is 12.3. The second-order valence-electron chi connectivity index (χ2n) is 10.2. The van der Waals surface area contributed by atoms with Crippen LogP contribution in [0.4, 0.5) is 0 Å². The van der Waals surface area contributed by atoms with Gasteiger partial charge in [-0.25, -0.2) is 0 Å². The zero-order valence-electron chi connectivity index (χ0n) is 21.2. The Morgan fingerprint density at radius 1 is 1.26 bits per heavy atom. The minimum atomic E-state index is -1.40. The first kappa shape index (κ1) is 26.5. The lowest BCUT2D eigenvalue weighted by Crippen LogP contribution is -2.56. The summed E-state index contributed by atoms with van der Waals surface area (Å²) in [5, 5.41) is 32.0. The Hall–Kier alpha value is -2.09. The van der Waals surface area contributed by atoms with Gasteiger partial charge in [-0.2, -0.15) is 0 Å². The van der Waals surface area contributed by atoms with Crippen LogP contribution in [-0.2, 0) is 14.3 Å². The highest BCUT2D eigenvalue weighted by atomic mass is 16.7. The van der Waals surface area contributed by atoms with E-state index in [0.717, 1.165) is 36.8 Å². The molecule has 7 heteroatoms. The van der Waals surface area contributed by atoms with E-state index in [4.69, 9.17) is 14.2 Å². The summed E-state index contributed by atoms with van der Waals surface area (Å²) in [5.41, 5.74) is 4.14. The Bertz CT molecular complexity index is 905. The summed E-state index contributed by atoms with van der Waals surface area (Å²) in [6, 6.07) is 2.09. The Labute approximate surface area is 202 Å². The van der Waals surface area contributed by atoms with Gasteiger partial charge in [0.25, 0.3) is 0 Å². The number of hydrogen-bond acceptors (Lipinski definition) is 7. The normalized spacial score (nSPS) is 29.6. The van der Waals surface area contributed by atoms with Crippen LogP contribution in [0.25, 0.3) is 0 Å². The third-order valence-electron chi connectivity index (χ3n) is 7.14. The molecule has 1 aromatic carbocycles. The van der Waals surface area contributed by atoms with Crippen molar-refractivity contribution < 1.29 is 34.3 Å². The molecule has 0 unspecified atom stereocenters. The predicted molar refractivity (Wildman–Crippen MR) is 129 cm³/mol. The van der Waals surface area contributed by atoms with Crippen molar-refractivity contribution in [2.75, 3.05) is 6.61 Å². The highest BCUT2D eigenvalue weighted by Gasteiger charge is 2.43. The number of aliphatic hydroxyl groups is 2. The van der Waals surface area contributed by atoms with Crippen LogP contribution in [0.3, 0.4) is 0 Å². The van der Waals surface area contributed by atoms with E-state index in [1.807, 2.05) is 6.92 Å². The molecular weight excluding hydrogens is 436 g/mol. The summed E-state index contributed by atoms with van der Waals surface area (Å²) >= 11 is 0. The van der Waals surface area contributed by atoms with Gasteiger partial charge >= 0.3 is 5.97 Å². The van der Waals surface area contributed by atoms with Gasteiger partial charge in [0.05, 0.1) is 6.61 Å². The van der Waals surface area contributed by atoms with E-state index >= 15 is 0 Å². The number of aryl methyl sites for hydroxylation is 1. The maximum atomic E-state index is 11.4. The smallest absolute Gasteiger partial charge is 0.303 e. The third-order valence-corrected chi connectivity index (χ3v) is 7.14. The lowest BCUT2D eigenvalue weighted by atomic mass is 9.70. The summed E-state index contributed by atoms with van der Waals surface area (Å²) < 4.78 is 16.5. The molecule has 1 fully saturated rings. The minimum Gasteiger partial charge on any atom is -0.504 e. The molecule has 1 aromatic rings. The second-order valence-corrected chi connectivity index (χ2v) is 10.2. The third kappa shape index (κ3) is 5.75. The zero-order valence-corrected chi connectivity index (χ0v) is 21.2. The fourth-order valence-corrected chi connectivity index (χ4v) is 5.28. The van der Waals surface area contributed by atoms with Crippen LogP contribution in [0, 0.1) is 12.8 Å². The topological polar surface area (TPSA) is 105 Å². The highest BCUT2D eigenvalue weighted by molar-refractivity contribution is 5.66. The maximum Gasteiger partial charge on any atom is 0.303 e. The van der Waals surface area contributed by atoms with Crippen LogP contribution in [0.15, 0.2) is 17.7 Å². The Morgan fingerprint density at radius 3 is 2.62 bits per heavy atom. The lowest BCUT2D eigenvalue weighted by Gasteiger charge is -2.38. The molecule has 0 spiro atoms. The van der Waals surface area contributed by atoms with Gasteiger partial charge in [-0.15, -0.1) is 0 Å². The van der Waals surface area contributed by atoms with Crippen LogP contribution in [0.1, 0.15) is 88.8 Å². The highest BCUT2D eigenvalue weighted by Crippen LogP contribution is 2.51. The van der Waals surface area contributed by atoms with E-state index in [9.17, 15) is 20.1 Å². The molecule has 7 nitrogen and oxygen atoms in total. The van der Waals surface area contributed by atoms with E-state index in [-0.39, 0.29) is 24.0 Å². The number of carbonyl (C=O) groups is 1. The number of phenols is 1. The van der Waals surface area contributed by atoms with Crippen molar-refractivity contribution in [2.24, 2.45) is 5.92 Å². The average molecular weight is 477 g/mol. The van der Waals surface area contributed by atoms with Gasteiger partial charge in [0.1, 0.15) is 6.10 Å². The largest absolute Gasteiger partial charge is 0.504 e. The Kier molecular flexibility index (Phi) is 8.66. The van der Waals surface area contributed by atoms with Gasteiger partial charge in [0.15, 0.2) is 23.7 Å². The van der Waals surface area contributed by atoms with Gasteiger partial charge in [0.2, 0.25) is 6.29 Å². The molecule has 34 heavy (non-hydrogen) atoms. The number of hydrogen-bond donors (Lipinski definition) is 3. The molecular formula is C27H40O7. The van der Waals surface area contributed by atoms with Crippen molar-refractivity contribution >= 4 is 5.97 Å². The van der Waals surface area contributed by atoms with Crippen molar-refractivity contribution in [3.05, 3.63) is 34.4 Å². The SMILES string of the molecule is CC(=O)O[C@H]1[C@H](O)[C@@H](Oc2c(C)cc3c(c2O)[C@@H](C)CC[C@@H]3[C@@H](C)CCC=C(C)C)OC[C@@H]1O. The summed E-state index contributed by atoms with van der Waals surface area (Å²) in [5.74, 6) is 0.722. The lowest BCUT2D eigenvalue weighted by molar-refractivity contribution is -0.249. The van der Waals surface area contributed by atoms with Gasteiger partial charge in [0, 0.05) is 12.5 Å². The van der Waals surface area contributed by atoms with E-state index < -0.39 is 30.6 Å². The molecule has 1 aliphatic heterocycles. The second kappa shape index (κ2) is 11.1. The molecule has 0 aromatic heterocycles. The summed E-state index contributed by atoms with van der Waals surface area (Å²) in [6.07, 6.45) is 1.55. The molecule has 7 atom stereocenters. The molecule has 0 amide bonds. The molecule has 0 radical (unpaired) electrons. The molecule has 190 valence electrons. The standard InChI is InChI=1S/C27H40O7/c1-14(2)8-7-9-15(3)19-11-10-16(4)22-20(19)12-17(5)25(23(22)30)34-27-24(31)26(33-18(6)28)21(29)13-32-27/h8,12,15-16,19,21,24,26-27,29-31H,7,9-11,13H2,1-6H3/t15-,16-,19+,21-,24-,26+,27+/m0/s1. The number of phenolic OH excluding ortho intramolecular Hbond substituents is 1. The van der Waals surface area contributed by atoms with Crippen LogP contribution >= 0.6 is 0 Å². The Morgan fingerprint density at radius 2 is 1.97 bits per heavy atom. The number of esters is 1. The van der Waals surface area contributed by atoms with Crippen LogP contribution < -0.4 is 4.74 Å². The molecule has 0 saturated carbocycles. The van der Waals surface area contributed by atoms with Crippen LogP contribution in [0.2, 0.25) is 0 Å². The fourth-order valence-electron chi connectivity index (χ4n) is 5.28. The van der Waals surface area contributed by atoms with Crippen molar-refractivity contribution in [1.29, 1.82) is 0 Å².